The number of rotatable bonds is 3. The fraction of sp³-hybridized carbons (Fsp3) is 0.667. The van der Waals surface area contributed by atoms with Crippen LogP contribution in [0.1, 0.15) is 35.8 Å². The summed E-state index contributed by atoms with van der Waals surface area (Å²) in [6.45, 7) is 2.57. The van der Waals surface area contributed by atoms with Gasteiger partial charge in [-0.3, -0.25) is 0 Å². The van der Waals surface area contributed by atoms with Gasteiger partial charge in [-0.25, -0.2) is 8.42 Å². The molecule has 0 aliphatic heterocycles. The summed E-state index contributed by atoms with van der Waals surface area (Å²) in [5.74, 6) is 0.199. The fourth-order valence-electron chi connectivity index (χ4n) is 2.57. The van der Waals surface area contributed by atoms with Gasteiger partial charge in [0.1, 0.15) is 9.84 Å². The summed E-state index contributed by atoms with van der Waals surface area (Å²) in [5, 5.41) is 0. The second kappa shape index (κ2) is 4.46. The quantitative estimate of drug-likeness (QED) is 0.883. The Kier molecular flexibility index (Phi) is 3.32. The van der Waals surface area contributed by atoms with Gasteiger partial charge in [0, 0.05) is 30.2 Å². The maximum absolute atomic E-state index is 11.2. The van der Waals surface area contributed by atoms with E-state index in [1.165, 1.54) is 17.5 Å². The molecule has 2 N–H and O–H groups in total. The second-order valence-electron chi connectivity index (χ2n) is 4.97. The smallest absolute Gasteiger partial charge is 0.149 e. The Balaban J connectivity index is 2.28. The van der Waals surface area contributed by atoms with Gasteiger partial charge in [-0.15, -0.1) is 0 Å². The second-order valence-corrected chi connectivity index (χ2v) is 7.23. The van der Waals surface area contributed by atoms with Gasteiger partial charge < -0.3 is 10.3 Å². The van der Waals surface area contributed by atoms with Crippen molar-refractivity contribution in [2.24, 2.45) is 5.73 Å². The molecule has 0 aromatic carbocycles. The highest BCUT2D eigenvalue weighted by Crippen LogP contribution is 2.30. The minimum absolute atomic E-state index is 0.122. The Labute approximate surface area is 103 Å². The molecule has 0 bridgehead atoms. The number of sulfone groups is 1. The van der Waals surface area contributed by atoms with Crippen LogP contribution in [0.2, 0.25) is 0 Å². The zero-order valence-corrected chi connectivity index (χ0v) is 11.3. The van der Waals surface area contributed by atoms with Crippen LogP contribution in [0.25, 0.3) is 0 Å². The Bertz CT molecular complexity index is 517. The first kappa shape index (κ1) is 12.6. The Morgan fingerprint density at radius 2 is 2.24 bits per heavy atom. The van der Waals surface area contributed by atoms with E-state index in [2.05, 4.69) is 10.6 Å². The van der Waals surface area contributed by atoms with Crippen LogP contribution >= 0.6 is 0 Å². The lowest BCUT2D eigenvalue weighted by atomic mass is 9.93. The topological polar surface area (TPSA) is 65.1 Å². The molecule has 0 fully saturated rings. The summed E-state index contributed by atoms with van der Waals surface area (Å²) < 4.78 is 24.6. The van der Waals surface area contributed by atoms with Crippen LogP contribution in [0.3, 0.4) is 0 Å². The van der Waals surface area contributed by atoms with Crippen LogP contribution in [0.4, 0.5) is 0 Å². The molecule has 1 unspecified atom stereocenters. The molecule has 4 nitrogen and oxygen atoms in total. The van der Waals surface area contributed by atoms with E-state index in [1.54, 1.807) is 0 Å². The number of hydrogen-bond donors (Lipinski definition) is 1. The molecule has 0 saturated heterocycles. The minimum atomic E-state index is -2.91. The van der Waals surface area contributed by atoms with Crippen molar-refractivity contribution in [3.05, 3.63) is 23.0 Å². The van der Waals surface area contributed by atoms with E-state index >= 15 is 0 Å². The zero-order valence-electron chi connectivity index (χ0n) is 10.4. The van der Waals surface area contributed by atoms with Crippen molar-refractivity contribution in [3.8, 4) is 0 Å². The summed E-state index contributed by atoms with van der Waals surface area (Å²) in [5.41, 5.74) is 9.65. The standard InChI is InChI=1S/C12H20N2O2S/c1-9-8-10-11(13)4-3-5-12(10)14(9)6-7-17(2,15)16/h8,11H,3-7,13H2,1-2H3. The minimum Gasteiger partial charge on any atom is -0.348 e. The number of aryl methyl sites for hydroxylation is 1. The molecule has 1 aliphatic carbocycles. The van der Waals surface area contributed by atoms with E-state index in [9.17, 15) is 8.42 Å². The molecule has 1 atom stereocenters. The van der Waals surface area contributed by atoms with Crippen molar-refractivity contribution in [1.82, 2.24) is 4.57 Å². The van der Waals surface area contributed by atoms with Gasteiger partial charge in [0.25, 0.3) is 0 Å². The molecule has 0 spiro atoms. The molecule has 1 aliphatic rings. The van der Waals surface area contributed by atoms with Crippen LogP contribution in [-0.4, -0.2) is 25.0 Å². The molecule has 2 rings (SSSR count). The monoisotopic (exact) mass is 256 g/mol. The molecular weight excluding hydrogens is 236 g/mol. The predicted octanol–water partition coefficient (Wildman–Crippen LogP) is 1.18. The average Bonchev–Trinajstić information content (AvgIpc) is 2.52. The molecular formula is C12H20N2O2S. The van der Waals surface area contributed by atoms with Gasteiger partial charge in [-0.2, -0.15) is 0 Å². The SMILES string of the molecule is Cc1cc2c(n1CCS(C)(=O)=O)CCCC2N. The Morgan fingerprint density at radius 3 is 2.88 bits per heavy atom. The lowest BCUT2D eigenvalue weighted by Gasteiger charge is -2.21. The van der Waals surface area contributed by atoms with Gasteiger partial charge in [0.2, 0.25) is 0 Å². The Morgan fingerprint density at radius 1 is 1.53 bits per heavy atom. The molecule has 0 radical (unpaired) electrons. The number of fused-ring (bicyclic) bond motifs is 1. The number of nitrogens with two attached hydrogens (primary N) is 1. The molecule has 1 aromatic heterocycles. The average molecular weight is 256 g/mol. The van der Waals surface area contributed by atoms with Crippen LogP contribution in [0.15, 0.2) is 6.07 Å². The van der Waals surface area contributed by atoms with Gasteiger partial charge in [0.05, 0.1) is 5.75 Å². The maximum atomic E-state index is 11.2. The first-order chi connectivity index (χ1) is 7.88. The fourth-order valence-corrected chi connectivity index (χ4v) is 3.08. The number of aromatic nitrogens is 1. The van der Waals surface area contributed by atoms with Crippen molar-refractivity contribution in [2.45, 2.75) is 38.8 Å². The van der Waals surface area contributed by atoms with Gasteiger partial charge >= 0.3 is 0 Å². The van der Waals surface area contributed by atoms with Crippen molar-refractivity contribution < 1.29 is 8.42 Å². The molecule has 17 heavy (non-hydrogen) atoms. The van der Waals surface area contributed by atoms with Crippen LogP contribution in [0.5, 0.6) is 0 Å². The largest absolute Gasteiger partial charge is 0.348 e. The third kappa shape index (κ3) is 2.72. The summed E-state index contributed by atoms with van der Waals surface area (Å²) in [6, 6.07) is 2.23. The third-order valence-corrected chi connectivity index (χ3v) is 4.39. The lowest BCUT2D eigenvalue weighted by molar-refractivity contribution is 0.540. The Hall–Kier alpha value is -0.810. The zero-order chi connectivity index (χ0) is 12.6. The normalized spacial score (nSPS) is 20.3. The summed E-state index contributed by atoms with van der Waals surface area (Å²) in [6.07, 6.45) is 4.42. The molecule has 0 saturated carbocycles. The van der Waals surface area contributed by atoms with Crippen molar-refractivity contribution in [1.29, 1.82) is 0 Å². The van der Waals surface area contributed by atoms with Crippen molar-refractivity contribution in [3.63, 3.8) is 0 Å². The van der Waals surface area contributed by atoms with E-state index < -0.39 is 9.84 Å². The predicted molar refractivity (Wildman–Crippen MR) is 68.7 cm³/mol. The van der Waals surface area contributed by atoms with Gasteiger partial charge in [-0.1, -0.05) is 0 Å². The summed E-state index contributed by atoms with van der Waals surface area (Å²) in [4.78, 5) is 0. The summed E-state index contributed by atoms with van der Waals surface area (Å²) >= 11 is 0. The summed E-state index contributed by atoms with van der Waals surface area (Å²) in [7, 11) is -2.91. The van der Waals surface area contributed by atoms with Crippen LogP contribution in [0, 0.1) is 6.92 Å². The van der Waals surface area contributed by atoms with E-state index in [0.29, 0.717) is 6.54 Å². The maximum Gasteiger partial charge on any atom is 0.149 e. The molecule has 0 amide bonds. The van der Waals surface area contributed by atoms with Gasteiger partial charge in [-0.05, 0) is 37.8 Å². The lowest BCUT2D eigenvalue weighted by Crippen LogP contribution is -2.20. The molecule has 96 valence electrons. The highest BCUT2D eigenvalue weighted by Gasteiger charge is 2.22. The molecule has 1 aromatic rings. The highest BCUT2D eigenvalue weighted by atomic mass is 32.2. The van der Waals surface area contributed by atoms with E-state index in [0.717, 1.165) is 25.0 Å². The van der Waals surface area contributed by atoms with E-state index in [4.69, 9.17) is 5.73 Å². The number of nitrogens with zero attached hydrogens (tertiary/aromatic N) is 1. The van der Waals surface area contributed by atoms with Crippen LogP contribution in [-0.2, 0) is 22.8 Å². The van der Waals surface area contributed by atoms with E-state index in [-0.39, 0.29) is 11.8 Å². The first-order valence-corrected chi connectivity index (χ1v) is 8.07. The highest BCUT2D eigenvalue weighted by molar-refractivity contribution is 7.90. The number of hydrogen-bond acceptors (Lipinski definition) is 3. The van der Waals surface area contributed by atoms with Gasteiger partial charge in [0.15, 0.2) is 0 Å². The van der Waals surface area contributed by atoms with Crippen molar-refractivity contribution in [2.75, 3.05) is 12.0 Å². The molecule has 1 heterocycles. The van der Waals surface area contributed by atoms with E-state index in [1.807, 2.05) is 6.92 Å². The third-order valence-electron chi connectivity index (χ3n) is 3.46. The van der Waals surface area contributed by atoms with Crippen LogP contribution < -0.4 is 5.73 Å². The molecule has 5 heteroatoms. The van der Waals surface area contributed by atoms with Crippen molar-refractivity contribution >= 4 is 9.84 Å². The first-order valence-electron chi connectivity index (χ1n) is 6.00.